The molecule has 0 aliphatic carbocycles. The third-order valence-electron chi connectivity index (χ3n) is 3.67. The van der Waals surface area contributed by atoms with E-state index in [2.05, 4.69) is 36.7 Å². The zero-order chi connectivity index (χ0) is 19.1. The van der Waals surface area contributed by atoms with Gasteiger partial charge < -0.3 is 4.74 Å². The van der Waals surface area contributed by atoms with Crippen LogP contribution in [0, 0.1) is 0 Å². The molecule has 27 heavy (non-hydrogen) atoms. The topological polar surface area (TPSA) is 79.4 Å². The number of halogens is 1. The first-order valence-electron chi connectivity index (χ1n) is 8.11. The van der Waals surface area contributed by atoms with E-state index < -0.39 is 0 Å². The molecule has 3 aromatic rings. The van der Waals surface area contributed by atoms with E-state index in [0.717, 1.165) is 21.4 Å². The number of aromatic nitrogens is 2. The van der Waals surface area contributed by atoms with Crippen LogP contribution in [0.25, 0.3) is 17.3 Å². The maximum absolute atomic E-state index is 12.2. The molecule has 0 fully saturated rings. The van der Waals surface area contributed by atoms with Crippen molar-refractivity contribution in [3.63, 3.8) is 0 Å². The molecule has 0 unspecified atom stereocenters. The average Bonchev–Trinajstić information content (AvgIpc) is 3.19. The Morgan fingerprint density at radius 3 is 2.63 bits per heavy atom. The monoisotopic (exact) mass is 424 g/mol. The summed E-state index contributed by atoms with van der Waals surface area (Å²) in [5.41, 5.74) is 5.36. The predicted octanol–water partition coefficient (Wildman–Crippen LogP) is 4.24. The molecular formula is C20H17BrN4O2. The summed E-state index contributed by atoms with van der Waals surface area (Å²) in [5.74, 6) is 0.384. The lowest BCUT2D eigenvalue weighted by atomic mass is 10.1. The van der Waals surface area contributed by atoms with E-state index in [1.807, 2.05) is 60.7 Å². The highest BCUT2D eigenvalue weighted by Crippen LogP contribution is 2.21. The third kappa shape index (κ3) is 5.15. The fourth-order valence-electron chi connectivity index (χ4n) is 2.31. The molecule has 2 N–H and O–H groups in total. The number of carbonyl (C=O) groups excluding carboxylic acids is 1. The maximum Gasteiger partial charge on any atom is 0.289 e. The first-order valence-corrected chi connectivity index (χ1v) is 8.90. The minimum absolute atomic E-state index is 0.320. The lowest BCUT2D eigenvalue weighted by molar-refractivity contribution is 0.0950. The van der Waals surface area contributed by atoms with Gasteiger partial charge in [0, 0.05) is 10.0 Å². The number of aromatic amines is 1. The number of nitrogens with zero attached hydrogens (tertiary/aromatic N) is 2. The Labute approximate surface area is 165 Å². The van der Waals surface area contributed by atoms with Crippen molar-refractivity contribution >= 4 is 34.1 Å². The Hall–Kier alpha value is -3.19. The normalized spacial score (nSPS) is 11.6. The van der Waals surface area contributed by atoms with Gasteiger partial charge in [0.15, 0.2) is 0 Å². The number of nitrogens with one attached hydrogen (secondary N) is 2. The van der Waals surface area contributed by atoms with Gasteiger partial charge in [-0.25, -0.2) is 5.43 Å². The maximum atomic E-state index is 12.2. The molecule has 0 saturated carbocycles. The largest absolute Gasteiger partial charge is 0.497 e. The zero-order valence-corrected chi connectivity index (χ0v) is 16.1. The van der Waals surface area contributed by atoms with E-state index in [-0.39, 0.29) is 5.91 Å². The number of hydrogen-bond donors (Lipinski definition) is 2. The van der Waals surface area contributed by atoms with Gasteiger partial charge in [-0.15, -0.1) is 0 Å². The molecule has 0 atom stereocenters. The van der Waals surface area contributed by atoms with Crippen molar-refractivity contribution in [2.24, 2.45) is 5.10 Å². The van der Waals surface area contributed by atoms with Crippen LogP contribution < -0.4 is 10.2 Å². The Kier molecular flexibility index (Phi) is 6.17. The van der Waals surface area contributed by atoms with Gasteiger partial charge >= 0.3 is 0 Å². The van der Waals surface area contributed by atoms with Crippen LogP contribution in [-0.4, -0.2) is 29.4 Å². The number of hydrogen-bond acceptors (Lipinski definition) is 4. The van der Waals surface area contributed by atoms with Crippen LogP contribution in [0.15, 0.2) is 70.2 Å². The number of benzene rings is 2. The van der Waals surface area contributed by atoms with Gasteiger partial charge in [0.1, 0.15) is 11.4 Å². The second-order valence-electron chi connectivity index (χ2n) is 5.53. The van der Waals surface area contributed by atoms with E-state index in [1.54, 1.807) is 13.2 Å². The molecule has 0 spiro atoms. The van der Waals surface area contributed by atoms with Crippen molar-refractivity contribution in [1.82, 2.24) is 15.6 Å². The Morgan fingerprint density at radius 1 is 1.19 bits per heavy atom. The number of carbonyl (C=O) groups is 1. The second-order valence-corrected chi connectivity index (χ2v) is 6.45. The van der Waals surface area contributed by atoms with Gasteiger partial charge in [-0.3, -0.25) is 9.89 Å². The summed E-state index contributed by atoms with van der Waals surface area (Å²) in [5, 5.41) is 10.8. The summed E-state index contributed by atoms with van der Waals surface area (Å²) in [6.07, 6.45) is 3.42. The van der Waals surface area contributed by atoms with Crippen molar-refractivity contribution in [2.45, 2.75) is 0 Å². The van der Waals surface area contributed by atoms with E-state index >= 15 is 0 Å². The summed E-state index contributed by atoms with van der Waals surface area (Å²) in [4.78, 5) is 12.2. The molecular weight excluding hydrogens is 408 g/mol. The van der Waals surface area contributed by atoms with Crippen LogP contribution >= 0.6 is 15.9 Å². The Morgan fingerprint density at radius 2 is 1.93 bits per heavy atom. The van der Waals surface area contributed by atoms with E-state index in [0.29, 0.717) is 11.4 Å². The quantitative estimate of drug-likeness (QED) is 0.458. The molecule has 1 aromatic heterocycles. The van der Waals surface area contributed by atoms with Crippen LogP contribution in [0.4, 0.5) is 0 Å². The molecule has 0 bridgehead atoms. The molecule has 136 valence electrons. The predicted molar refractivity (Wildman–Crippen MR) is 110 cm³/mol. The summed E-state index contributed by atoms with van der Waals surface area (Å²) in [6, 6.07) is 18.9. The summed E-state index contributed by atoms with van der Waals surface area (Å²) >= 11 is 3.40. The lowest BCUT2D eigenvalue weighted by Gasteiger charge is -2.00. The van der Waals surface area contributed by atoms with Gasteiger partial charge in [0.2, 0.25) is 0 Å². The minimum atomic E-state index is -0.376. The highest BCUT2D eigenvalue weighted by molar-refractivity contribution is 9.12. The summed E-state index contributed by atoms with van der Waals surface area (Å²) < 4.78 is 5.87. The summed E-state index contributed by atoms with van der Waals surface area (Å²) in [6.45, 7) is 0. The smallest absolute Gasteiger partial charge is 0.289 e. The molecule has 0 saturated heterocycles. The molecule has 3 rings (SSSR count). The van der Waals surface area contributed by atoms with Crippen molar-refractivity contribution in [2.75, 3.05) is 7.11 Å². The average molecular weight is 425 g/mol. The van der Waals surface area contributed by atoms with Gasteiger partial charge in [-0.05, 0) is 57.9 Å². The van der Waals surface area contributed by atoms with E-state index in [1.165, 1.54) is 6.21 Å². The molecule has 0 aliphatic heterocycles. The molecule has 1 amide bonds. The Balaban J connectivity index is 1.61. The lowest BCUT2D eigenvalue weighted by Crippen LogP contribution is -2.17. The van der Waals surface area contributed by atoms with Gasteiger partial charge in [-0.1, -0.05) is 30.3 Å². The van der Waals surface area contributed by atoms with Crippen LogP contribution in [0.3, 0.4) is 0 Å². The molecule has 6 nitrogen and oxygen atoms in total. The fourth-order valence-corrected chi connectivity index (χ4v) is 2.67. The van der Waals surface area contributed by atoms with Crippen molar-refractivity contribution in [3.05, 3.63) is 76.4 Å². The van der Waals surface area contributed by atoms with Gasteiger partial charge in [-0.2, -0.15) is 10.2 Å². The van der Waals surface area contributed by atoms with Crippen LogP contribution in [-0.2, 0) is 0 Å². The van der Waals surface area contributed by atoms with Crippen molar-refractivity contribution in [1.29, 1.82) is 0 Å². The van der Waals surface area contributed by atoms with E-state index in [9.17, 15) is 4.79 Å². The minimum Gasteiger partial charge on any atom is -0.497 e. The number of H-pyrrole nitrogens is 1. The first kappa shape index (κ1) is 18.6. The molecule has 0 radical (unpaired) electrons. The Bertz CT molecular complexity index is 963. The van der Waals surface area contributed by atoms with E-state index in [4.69, 9.17) is 4.74 Å². The highest BCUT2D eigenvalue weighted by Gasteiger charge is 2.10. The number of allylic oxidation sites excluding steroid dienone is 1. The number of amides is 1. The fraction of sp³-hybridized carbons (Fsp3) is 0.0500. The number of hydrazone groups is 1. The standard InChI is InChI=1S/C20H17BrN4O2/c1-27-17-9-7-15(8-10-17)18-12-19(24-23-18)20(26)25-22-13-16(21)11-14-5-3-2-4-6-14/h2-13H,1H3,(H,23,24)(H,25,26)/b16-11-,22-13?. The summed E-state index contributed by atoms with van der Waals surface area (Å²) in [7, 11) is 1.61. The van der Waals surface area contributed by atoms with Crippen molar-refractivity contribution < 1.29 is 9.53 Å². The first-order chi connectivity index (χ1) is 13.2. The van der Waals surface area contributed by atoms with Gasteiger partial charge in [0.05, 0.1) is 19.0 Å². The number of rotatable bonds is 6. The van der Waals surface area contributed by atoms with Crippen molar-refractivity contribution in [3.8, 4) is 17.0 Å². The van der Waals surface area contributed by atoms with Crippen LogP contribution in [0.1, 0.15) is 16.1 Å². The second kappa shape index (κ2) is 8.95. The highest BCUT2D eigenvalue weighted by atomic mass is 79.9. The number of methoxy groups -OCH3 is 1. The van der Waals surface area contributed by atoms with Gasteiger partial charge in [0.25, 0.3) is 5.91 Å². The molecule has 7 heteroatoms. The molecule has 2 aromatic carbocycles. The number of ether oxygens (including phenoxy) is 1. The van der Waals surface area contributed by atoms with Crippen LogP contribution in [0.5, 0.6) is 5.75 Å². The SMILES string of the molecule is COc1ccc(-c2cc(C(=O)NN=C/C(Br)=C/c3ccccc3)[nH]n2)cc1. The third-order valence-corrected chi connectivity index (χ3v) is 4.10. The molecule has 1 heterocycles. The van der Waals surface area contributed by atoms with Crippen LogP contribution in [0.2, 0.25) is 0 Å². The zero-order valence-electron chi connectivity index (χ0n) is 14.5. The molecule has 0 aliphatic rings.